The molecule has 0 saturated carbocycles. The van der Waals surface area contributed by atoms with Crippen LogP contribution in [0.15, 0.2) is 18.2 Å². The molecule has 0 fully saturated rings. The summed E-state index contributed by atoms with van der Waals surface area (Å²) in [7, 11) is 0. The van der Waals surface area contributed by atoms with Crippen molar-refractivity contribution in [3.63, 3.8) is 0 Å². The number of para-hydroxylation sites is 1. The first-order valence-electron chi connectivity index (χ1n) is 3.85. The van der Waals surface area contributed by atoms with Crippen molar-refractivity contribution in [1.29, 1.82) is 0 Å². The van der Waals surface area contributed by atoms with Crippen molar-refractivity contribution in [3.05, 3.63) is 33.3 Å². The van der Waals surface area contributed by atoms with Crippen molar-refractivity contribution in [1.82, 2.24) is 4.98 Å². The maximum atomic E-state index is 10.6. The molecule has 0 spiro atoms. The van der Waals surface area contributed by atoms with Crippen molar-refractivity contribution < 1.29 is 44.4 Å². The number of carboxylic acid groups (broad SMARTS) is 1. The van der Waals surface area contributed by atoms with Gasteiger partial charge in [0.1, 0.15) is 11.0 Å². The molecule has 0 aliphatic rings. The van der Waals surface area contributed by atoms with Gasteiger partial charge in [0.05, 0.1) is 9.62 Å². The van der Waals surface area contributed by atoms with Crippen LogP contribution in [0.3, 0.4) is 0 Å². The number of carbonyl (C=O) groups is 1. The average Bonchev–Trinajstić information content (AvgIpc) is 2.60. The van der Waals surface area contributed by atoms with Gasteiger partial charge < -0.3 is 9.90 Å². The van der Waals surface area contributed by atoms with E-state index in [0.29, 0.717) is 4.70 Å². The molecule has 0 aliphatic carbocycles. The minimum absolute atomic E-state index is 0. The van der Waals surface area contributed by atoms with E-state index in [4.69, 9.17) is 0 Å². The molecule has 0 amide bonds. The SMILES string of the molecule is O=C([O-])c1nc2c([N+](=O)[O-])cccc2s1.[Na+]. The molecule has 1 aromatic carbocycles. The number of aromatic nitrogens is 1. The number of rotatable bonds is 2. The van der Waals surface area contributed by atoms with Gasteiger partial charge in [0.15, 0.2) is 5.52 Å². The van der Waals surface area contributed by atoms with Crippen molar-refractivity contribution in [2.45, 2.75) is 0 Å². The number of non-ortho nitro benzene ring substituents is 1. The van der Waals surface area contributed by atoms with Crippen molar-refractivity contribution in [3.8, 4) is 0 Å². The fraction of sp³-hybridized carbons (Fsp3) is 0. The van der Waals surface area contributed by atoms with E-state index >= 15 is 0 Å². The molecule has 76 valence electrons. The summed E-state index contributed by atoms with van der Waals surface area (Å²) in [6.45, 7) is 0. The average molecular weight is 246 g/mol. The van der Waals surface area contributed by atoms with Gasteiger partial charge in [0.2, 0.25) is 0 Å². The minimum Gasteiger partial charge on any atom is -0.542 e. The van der Waals surface area contributed by atoms with E-state index in [1.165, 1.54) is 12.1 Å². The van der Waals surface area contributed by atoms with Crippen LogP contribution in [0.5, 0.6) is 0 Å². The quantitative estimate of drug-likeness (QED) is 0.333. The predicted octanol–water partition coefficient (Wildman–Crippen LogP) is -2.43. The van der Waals surface area contributed by atoms with E-state index in [-0.39, 0.29) is 45.8 Å². The fourth-order valence-corrected chi connectivity index (χ4v) is 1.99. The summed E-state index contributed by atoms with van der Waals surface area (Å²) in [6, 6.07) is 4.34. The Balaban J connectivity index is 0.00000128. The van der Waals surface area contributed by atoms with E-state index < -0.39 is 10.9 Å². The molecule has 2 rings (SSSR count). The third-order valence-corrected chi connectivity index (χ3v) is 2.77. The van der Waals surface area contributed by atoms with Gasteiger partial charge in [-0.15, -0.1) is 11.3 Å². The number of hydrogen-bond donors (Lipinski definition) is 0. The van der Waals surface area contributed by atoms with Gasteiger partial charge >= 0.3 is 29.6 Å². The summed E-state index contributed by atoms with van der Waals surface area (Å²) in [5, 5.41) is 20.9. The minimum atomic E-state index is -1.43. The van der Waals surface area contributed by atoms with Crippen molar-refractivity contribution >= 4 is 33.2 Å². The first kappa shape index (κ1) is 13.0. The molecule has 1 aromatic heterocycles. The molecule has 16 heavy (non-hydrogen) atoms. The normalized spacial score (nSPS) is 9.75. The number of thiazole rings is 1. The van der Waals surface area contributed by atoms with Gasteiger partial charge in [-0.2, -0.15) is 0 Å². The Morgan fingerprint density at radius 1 is 1.44 bits per heavy atom. The summed E-state index contributed by atoms with van der Waals surface area (Å²) in [4.78, 5) is 24.2. The van der Waals surface area contributed by atoms with E-state index in [1.54, 1.807) is 6.07 Å². The second kappa shape index (κ2) is 4.88. The number of nitrogens with zero attached hydrogens (tertiary/aromatic N) is 2. The smallest absolute Gasteiger partial charge is 0.542 e. The van der Waals surface area contributed by atoms with Crippen LogP contribution in [0.2, 0.25) is 0 Å². The Labute approximate surface area is 115 Å². The number of hydrogen-bond acceptors (Lipinski definition) is 6. The molecule has 0 N–H and O–H groups in total. The topological polar surface area (TPSA) is 96.2 Å². The third-order valence-electron chi connectivity index (χ3n) is 1.77. The van der Waals surface area contributed by atoms with E-state index in [2.05, 4.69) is 4.98 Å². The summed E-state index contributed by atoms with van der Waals surface area (Å²) < 4.78 is 0.461. The standard InChI is InChI=1S/C8H4N2O4S.Na/c11-8(12)7-9-6-4(10(13)14)2-1-3-5(6)15-7;/h1-3H,(H,11,12);/q;+1/p-1. The van der Waals surface area contributed by atoms with Crippen LogP contribution in [-0.4, -0.2) is 15.9 Å². The zero-order valence-electron chi connectivity index (χ0n) is 8.17. The number of aromatic carboxylic acids is 1. The van der Waals surface area contributed by atoms with Crippen LogP contribution in [-0.2, 0) is 0 Å². The molecule has 8 heteroatoms. The number of carboxylic acids is 1. The molecule has 6 nitrogen and oxygen atoms in total. The van der Waals surface area contributed by atoms with Crippen molar-refractivity contribution in [2.24, 2.45) is 0 Å². The van der Waals surface area contributed by atoms with Gasteiger partial charge in [-0.25, -0.2) is 4.98 Å². The maximum absolute atomic E-state index is 10.6. The Morgan fingerprint density at radius 3 is 2.69 bits per heavy atom. The van der Waals surface area contributed by atoms with Gasteiger partial charge in [-0.3, -0.25) is 10.1 Å². The Morgan fingerprint density at radius 2 is 2.12 bits per heavy atom. The number of carbonyl (C=O) groups excluding carboxylic acids is 1. The molecule has 0 saturated heterocycles. The maximum Gasteiger partial charge on any atom is 1.00 e. The first-order valence-corrected chi connectivity index (χ1v) is 4.66. The van der Waals surface area contributed by atoms with Crippen molar-refractivity contribution in [2.75, 3.05) is 0 Å². The third kappa shape index (κ3) is 2.22. The van der Waals surface area contributed by atoms with Crippen LogP contribution < -0.4 is 34.7 Å². The molecule has 0 radical (unpaired) electrons. The summed E-state index contributed by atoms with van der Waals surface area (Å²) in [5.41, 5.74) is -0.108. The number of benzene rings is 1. The number of nitro groups is 1. The van der Waals surface area contributed by atoms with Crippen LogP contribution in [0.1, 0.15) is 9.80 Å². The van der Waals surface area contributed by atoms with Gasteiger partial charge in [0.25, 0.3) is 5.69 Å². The molecule has 0 aliphatic heterocycles. The van der Waals surface area contributed by atoms with E-state index in [1.807, 2.05) is 0 Å². The summed E-state index contributed by atoms with van der Waals surface area (Å²) >= 11 is 0.859. The number of fused-ring (bicyclic) bond motifs is 1. The van der Waals surface area contributed by atoms with Gasteiger partial charge in [-0.05, 0) is 6.07 Å². The van der Waals surface area contributed by atoms with E-state index in [0.717, 1.165) is 11.3 Å². The second-order valence-corrected chi connectivity index (χ2v) is 3.72. The van der Waals surface area contributed by atoms with Crippen LogP contribution >= 0.6 is 11.3 Å². The first-order chi connectivity index (χ1) is 7.09. The zero-order chi connectivity index (χ0) is 11.0. The largest absolute Gasteiger partial charge is 1.00 e. The van der Waals surface area contributed by atoms with Crippen LogP contribution in [0, 0.1) is 10.1 Å². The van der Waals surface area contributed by atoms with E-state index in [9.17, 15) is 20.0 Å². The van der Waals surface area contributed by atoms with Gasteiger partial charge in [-0.1, -0.05) is 6.07 Å². The summed E-state index contributed by atoms with van der Waals surface area (Å²) in [6.07, 6.45) is 0. The van der Waals surface area contributed by atoms with Crippen LogP contribution in [0.25, 0.3) is 10.2 Å². The molecule has 0 bridgehead atoms. The molecular formula is C8H3N2NaO4S. The molecule has 0 unspecified atom stereocenters. The summed E-state index contributed by atoms with van der Waals surface area (Å²) in [5.74, 6) is -1.43. The monoisotopic (exact) mass is 246 g/mol. The van der Waals surface area contributed by atoms with Crippen LogP contribution in [0.4, 0.5) is 5.69 Å². The molecular weight excluding hydrogens is 243 g/mol. The molecule has 2 aromatic rings. The number of nitro benzene ring substituents is 1. The zero-order valence-corrected chi connectivity index (χ0v) is 11.0. The predicted molar refractivity (Wildman–Crippen MR) is 50.6 cm³/mol. The molecule has 0 atom stereocenters. The Bertz CT molecular complexity index is 568. The van der Waals surface area contributed by atoms with Gasteiger partial charge in [0, 0.05) is 6.07 Å². The Kier molecular flexibility index (Phi) is 3.98. The second-order valence-electron chi connectivity index (χ2n) is 2.69. The molecule has 1 heterocycles. The fourth-order valence-electron chi connectivity index (χ4n) is 1.17. The Hall–Kier alpha value is -1.02.